The summed E-state index contributed by atoms with van der Waals surface area (Å²) in [5.74, 6) is -0.217. The van der Waals surface area contributed by atoms with Crippen LogP contribution in [0.5, 0.6) is 0 Å². The number of hydrogen-bond donors (Lipinski definition) is 3. The number of rotatable bonds is 3. The van der Waals surface area contributed by atoms with Crippen LogP contribution in [0.25, 0.3) is 0 Å². The summed E-state index contributed by atoms with van der Waals surface area (Å²) in [6, 6.07) is 7.50. The molecule has 17 heavy (non-hydrogen) atoms. The number of aryl methyl sites for hydroxylation is 1. The molecule has 2 rings (SSSR count). The molecule has 0 aromatic heterocycles. The largest absolute Gasteiger partial charge is 0.409 e. The predicted molar refractivity (Wildman–Crippen MR) is 64.9 cm³/mol. The summed E-state index contributed by atoms with van der Waals surface area (Å²) < 4.78 is 0. The van der Waals surface area contributed by atoms with Gasteiger partial charge in [0.2, 0.25) is 5.91 Å². The number of carbonyl (C=O) groups excluding carboxylic acids is 1. The van der Waals surface area contributed by atoms with Gasteiger partial charge in [-0.15, -0.1) is 0 Å². The number of nitrogens with one attached hydrogen (secondary N) is 1. The van der Waals surface area contributed by atoms with E-state index >= 15 is 0 Å². The van der Waals surface area contributed by atoms with Gasteiger partial charge in [-0.2, -0.15) is 0 Å². The molecule has 0 spiro atoms. The number of anilines is 1. The van der Waals surface area contributed by atoms with E-state index in [0.717, 1.165) is 11.3 Å². The zero-order valence-electron chi connectivity index (χ0n) is 9.60. The van der Waals surface area contributed by atoms with Gasteiger partial charge in [0.25, 0.3) is 0 Å². The van der Waals surface area contributed by atoms with E-state index in [1.165, 1.54) is 0 Å². The SMILES string of the molecule is Cc1ccccc1NC(=O)C1(/C(N)=N/O)CC1. The van der Waals surface area contributed by atoms with Crippen LogP contribution in [0, 0.1) is 12.3 Å². The first kappa shape index (κ1) is 11.4. The van der Waals surface area contributed by atoms with Crippen LogP contribution in [0.4, 0.5) is 5.69 Å². The highest BCUT2D eigenvalue weighted by atomic mass is 16.4. The fourth-order valence-corrected chi connectivity index (χ4v) is 1.78. The van der Waals surface area contributed by atoms with Gasteiger partial charge < -0.3 is 16.3 Å². The van der Waals surface area contributed by atoms with Gasteiger partial charge >= 0.3 is 0 Å². The zero-order chi connectivity index (χ0) is 12.5. The van der Waals surface area contributed by atoms with Crippen LogP contribution < -0.4 is 11.1 Å². The van der Waals surface area contributed by atoms with Gasteiger partial charge in [0.15, 0.2) is 5.84 Å². The molecular weight excluding hydrogens is 218 g/mol. The Balaban J connectivity index is 2.16. The van der Waals surface area contributed by atoms with E-state index in [9.17, 15) is 4.79 Å². The number of para-hydroxylation sites is 1. The first-order valence-electron chi connectivity index (χ1n) is 5.45. The quantitative estimate of drug-likeness (QED) is 0.319. The van der Waals surface area contributed by atoms with E-state index in [0.29, 0.717) is 12.8 Å². The first-order valence-corrected chi connectivity index (χ1v) is 5.45. The summed E-state index contributed by atoms with van der Waals surface area (Å²) in [6.45, 7) is 1.92. The standard InChI is InChI=1S/C12H15N3O2/c1-8-4-2-3-5-9(8)14-11(16)12(6-7-12)10(13)15-17/h2-5,17H,6-7H2,1H3,(H2,13,15)(H,14,16). The van der Waals surface area contributed by atoms with E-state index in [-0.39, 0.29) is 11.7 Å². The molecule has 1 saturated carbocycles. The summed E-state index contributed by atoms with van der Waals surface area (Å²) in [4.78, 5) is 12.1. The number of amidine groups is 1. The monoisotopic (exact) mass is 233 g/mol. The Hall–Kier alpha value is -2.04. The van der Waals surface area contributed by atoms with Crippen molar-refractivity contribution in [3.8, 4) is 0 Å². The molecular formula is C12H15N3O2. The number of carbonyl (C=O) groups is 1. The van der Waals surface area contributed by atoms with E-state index < -0.39 is 5.41 Å². The van der Waals surface area contributed by atoms with Gasteiger partial charge in [-0.1, -0.05) is 23.4 Å². The average molecular weight is 233 g/mol. The molecule has 4 N–H and O–H groups in total. The lowest BCUT2D eigenvalue weighted by molar-refractivity contribution is -0.119. The molecule has 0 radical (unpaired) electrons. The second-order valence-electron chi connectivity index (χ2n) is 4.34. The number of hydrogen-bond acceptors (Lipinski definition) is 3. The predicted octanol–water partition coefficient (Wildman–Crippen LogP) is 1.46. The molecule has 1 aliphatic rings. The van der Waals surface area contributed by atoms with Crippen LogP contribution in [0.3, 0.4) is 0 Å². The van der Waals surface area contributed by atoms with Crippen LogP contribution in [0.15, 0.2) is 29.4 Å². The fraction of sp³-hybridized carbons (Fsp3) is 0.333. The van der Waals surface area contributed by atoms with E-state index in [4.69, 9.17) is 10.9 Å². The second kappa shape index (κ2) is 4.08. The molecule has 5 heteroatoms. The van der Waals surface area contributed by atoms with Crippen molar-refractivity contribution in [2.24, 2.45) is 16.3 Å². The number of benzene rings is 1. The Kier molecular flexibility index (Phi) is 2.75. The van der Waals surface area contributed by atoms with Gasteiger partial charge in [0, 0.05) is 5.69 Å². The maximum atomic E-state index is 12.1. The minimum Gasteiger partial charge on any atom is -0.409 e. The van der Waals surface area contributed by atoms with Crippen molar-refractivity contribution in [1.82, 2.24) is 0 Å². The lowest BCUT2D eigenvalue weighted by Crippen LogP contribution is -2.36. The molecule has 0 bridgehead atoms. The summed E-state index contributed by atoms with van der Waals surface area (Å²) >= 11 is 0. The van der Waals surface area contributed by atoms with Crippen LogP contribution in [0.2, 0.25) is 0 Å². The van der Waals surface area contributed by atoms with Gasteiger partial charge in [-0.3, -0.25) is 4.79 Å². The minimum absolute atomic E-state index is 0.0106. The number of nitrogens with two attached hydrogens (primary N) is 1. The van der Waals surface area contributed by atoms with Crippen LogP contribution in [-0.4, -0.2) is 17.0 Å². The van der Waals surface area contributed by atoms with E-state index in [1.54, 1.807) is 0 Å². The van der Waals surface area contributed by atoms with E-state index in [2.05, 4.69) is 10.5 Å². The van der Waals surface area contributed by atoms with Crippen molar-refractivity contribution in [3.05, 3.63) is 29.8 Å². The third-order valence-corrected chi connectivity index (χ3v) is 3.18. The molecule has 90 valence electrons. The number of nitrogens with zero attached hydrogens (tertiary/aromatic N) is 1. The molecule has 0 heterocycles. The van der Waals surface area contributed by atoms with Gasteiger partial charge in [-0.05, 0) is 31.4 Å². The highest BCUT2D eigenvalue weighted by Gasteiger charge is 2.54. The first-order chi connectivity index (χ1) is 8.10. The fourth-order valence-electron chi connectivity index (χ4n) is 1.78. The molecule has 1 amide bonds. The normalized spacial score (nSPS) is 17.6. The Morgan fingerprint density at radius 3 is 2.65 bits per heavy atom. The molecule has 0 aliphatic heterocycles. The van der Waals surface area contributed by atoms with E-state index in [1.807, 2.05) is 31.2 Å². The summed E-state index contributed by atoms with van der Waals surface area (Å²) in [5, 5.41) is 14.4. The molecule has 0 atom stereocenters. The van der Waals surface area contributed by atoms with Gasteiger partial charge in [0.1, 0.15) is 5.41 Å². The number of amides is 1. The second-order valence-corrected chi connectivity index (χ2v) is 4.34. The maximum absolute atomic E-state index is 12.1. The van der Waals surface area contributed by atoms with Crippen molar-refractivity contribution in [2.75, 3.05) is 5.32 Å². The highest BCUT2D eigenvalue weighted by Crippen LogP contribution is 2.46. The lowest BCUT2D eigenvalue weighted by Gasteiger charge is -2.14. The molecule has 1 aromatic rings. The minimum atomic E-state index is -0.809. The Labute approximate surface area is 99.3 Å². The third kappa shape index (κ3) is 1.95. The molecule has 5 nitrogen and oxygen atoms in total. The Bertz CT molecular complexity index is 478. The van der Waals surface area contributed by atoms with Crippen molar-refractivity contribution in [3.63, 3.8) is 0 Å². The molecule has 1 aliphatic carbocycles. The summed E-state index contributed by atoms with van der Waals surface area (Å²) in [6.07, 6.45) is 1.25. The third-order valence-electron chi connectivity index (χ3n) is 3.18. The van der Waals surface area contributed by atoms with Crippen LogP contribution in [0.1, 0.15) is 18.4 Å². The molecule has 0 saturated heterocycles. The van der Waals surface area contributed by atoms with Crippen molar-refractivity contribution >= 4 is 17.4 Å². The summed E-state index contributed by atoms with van der Waals surface area (Å²) in [5.41, 5.74) is 6.48. The zero-order valence-corrected chi connectivity index (χ0v) is 9.60. The van der Waals surface area contributed by atoms with Crippen LogP contribution in [-0.2, 0) is 4.79 Å². The Morgan fingerprint density at radius 2 is 2.12 bits per heavy atom. The van der Waals surface area contributed by atoms with Gasteiger partial charge in [-0.25, -0.2) is 0 Å². The average Bonchev–Trinajstić information content (AvgIpc) is 3.12. The van der Waals surface area contributed by atoms with Crippen molar-refractivity contribution in [2.45, 2.75) is 19.8 Å². The molecule has 1 fully saturated rings. The van der Waals surface area contributed by atoms with Gasteiger partial charge in [0.05, 0.1) is 0 Å². The van der Waals surface area contributed by atoms with Crippen molar-refractivity contribution in [1.29, 1.82) is 0 Å². The lowest BCUT2D eigenvalue weighted by atomic mass is 10.0. The van der Waals surface area contributed by atoms with Crippen LogP contribution >= 0.6 is 0 Å². The Morgan fingerprint density at radius 1 is 1.47 bits per heavy atom. The topological polar surface area (TPSA) is 87.7 Å². The maximum Gasteiger partial charge on any atom is 0.238 e. The van der Waals surface area contributed by atoms with Crippen molar-refractivity contribution < 1.29 is 10.0 Å². The number of oxime groups is 1. The molecule has 0 unspecified atom stereocenters. The highest BCUT2D eigenvalue weighted by molar-refractivity contribution is 6.14. The molecule has 1 aromatic carbocycles. The summed E-state index contributed by atoms with van der Waals surface area (Å²) in [7, 11) is 0. The smallest absolute Gasteiger partial charge is 0.238 e.